The zero-order valence-corrected chi connectivity index (χ0v) is 18.0. The number of carbonyl (C=O) groups excluding carboxylic acids is 1. The summed E-state index contributed by atoms with van der Waals surface area (Å²) < 4.78 is 30.0. The smallest absolute Gasteiger partial charge is 0.274 e. The van der Waals surface area contributed by atoms with Gasteiger partial charge in [-0.15, -0.1) is 0 Å². The summed E-state index contributed by atoms with van der Waals surface area (Å²) in [6, 6.07) is 20.8. The topological polar surface area (TPSA) is 83.8 Å². The summed E-state index contributed by atoms with van der Waals surface area (Å²) in [4.78, 5) is 17.6. The van der Waals surface area contributed by atoms with E-state index >= 15 is 0 Å². The maximum atomic E-state index is 13.5. The number of anilines is 2. The van der Waals surface area contributed by atoms with Crippen molar-refractivity contribution in [3.05, 3.63) is 90.4 Å². The molecule has 0 saturated heterocycles. The zero-order chi connectivity index (χ0) is 22.0. The SMILES string of the molecule is CCN(c1ccccc1)S(=O)(=O)c1ccccc1NC(=O)c1c(C)nc2ccccn12. The van der Waals surface area contributed by atoms with Crippen molar-refractivity contribution in [3.8, 4) is 0 Å². The van der Waals surface area contributed by atoms with Crippen LogP contribution in [0.1, 0.15) is 23.1 Å². The van der Waals surface area contributed by atoms with E-state index in [1.165, 1.54) is 10.4 Å². The molecule has 2 heterocycles. The number of carbonyl (C=O) groups is 1. The highest BCUT2D eigenvalue weighted by Crippen LogP contribution is 2.29. The monoisotopic (exact) mass is 434 g/mol. The third-order valence-corrected chi connectivity index (χ3v) is 6.92. The summed E-state index contributed by atoms with van der Waals surface area (Å²) in [7, 11) is -3.91. The molecule has 0 atom stereocenters. The Morgan fingerprint density at radius 3 is 2.42 bits per heavy atom. The molecule has 0 unspecified atom stereocenters. The Kier molecular flexibility index (Phi) is 5.48. The van der Waals surface area contributed by atoms with E-state index in [1.54, 1.807) is 73.0 Å². The first-order valence-corrected chi connectivity index (χ1v) is 11.3. The maximum Gasteiger partial charge on any atom is 0.274 e. The van der Waals surface area contributed by atoms with E-state index < -0.39 is 15.9 Å². The predicted octanol–water partition coefficient (Wildman–Crippen LogP) is 4.11. The summed E-state index contributed by atoms with van der Waals surface area (Å²) in [6.07, 6.45) is 1.75. The molecule has 4 rings (SSSR count). The van der Waals surface area contributed by atoms with Crippen molar-refractivity contribution in [2.24, 2.45) is 0 Å². The molecule has 4 aromatic rings. The fourth-order valence-electron chi connectivity index (χ4n) is 3.57. The first kappa shape index (κ1) is 20.6. The van der Waals surface area contributed by atoms with Crippen LogP contribution in [0.3, 0.4) is 0 Å². The number of benzene rings is 2. The minimum Gasteiger partial charge on any atom is -0.319 e. The second kappa shape index (κ2) is 8.23. The molecule has 0 saturated carbocycles. The van der Waals surface area contributed by atoms with Gasteiger partial charge in [-0.2, -0.15) is 0 Å². The average Bonchev–Trinajstić information content (AvgIpc) is 3.11. The number of pyridine rings is 1. The Morgan fingerprint density at radius 1 is 1.00 bits per heavy atom. The van der Waals surface area contributed by atoms with Gasteiger partial charge in [0, 0.05) is 12.7 Å². The lowest BCUT2D eigenvalue weighted by molar-refractivity contribution is 0.102. The molecule has 0 radical (unpaired) electrons. The average molecular weight is 435 g/mol. The Bertz CT molecular complexity index is 1350. The maximum absolute atomic E-state index is 13.5. The van der Waals surface area contributed by atoms with Crippen molar-refractivity contribution in [2.45, 2.75) is 18.7 Å². The standard InChI is InChI=1S/C23H22N4O3S/c1-3-27(18-11-5-4-6-12-18)31(29,30)20-14-8-7-13-19(20)25-23(28)22-17(2)24-21-15-9-10-16-26(21)22/h4-16H,3H2,1-2H3,(H,25,28). The van der Waals surface area contributed by atoms with Crippen LogP contribution >= 0.6 is 0 Å². The number of fused-ring (bicyclic) bond motifs is 1. The number of sulfonamides is 1. The van der Waals surface area contributed by atoms with Gasteiger partial charge in [0.15, 0.2) is 0 Å². The molecule has 7 nitrogen and oxygen atoms in total. The molecule has 158 valence electrons. The predicted molar refractivity (Wildman–Crippen MR) is 121 cm³/mol. The molecule has 2 aromatic heterocycles. The lowest BCUT2D eigenvalue weighted by atomic mass is 10.3. The normalized spacial score (nSPS) is 11.4. The summed E-state index contributed by atoms with van der Waals surface area (Å²) in [5, 5.41) is 2.78. The summed E-state index contributed by atoms with van der Waals surface area (Å²) in [5.74, 6) is -0.429. The number of hydrogen-bond donors (Lipinski definition) is 1. The fraction of sp³-hybridized carbons (Fsp3) is 0.130. The second-order valence-corrected chi connectivity index (χ2v) is 8.76. The molecule has 2 aromatic carbocycles. The van der Waals surface area contributed by atoms with Crippen molar-refractivity contribution in [2.75, 3.05) is 16.2 Å². The van der Waals surface area contributed by atoms with Crippen molar-refractivity contribution in [1.29, 1.82) is 0 Å². The highest BCUT2D eigenvalue weighted by molar-refractivity contribution is 7.93. The first-order chi connectivity index (χ1) is 14.9. The van der Waals surface area contributed by atoms with Crippen LogP contribution in [0.15, 0.2) is 83.9 Å². The number of aryl methyl sites for hydroxylation is 1. The van der Waals surface area contributed by atoms with Gasteiger partial charge in [-0.25, -0.2) is 13.4 Å². The van der Waals surface area contributed by atoms with Gasteiger partial charge in [-0.05, 0) is 50.2 Å². The fourth-order valence-corrected chi connectivity index (χ4v) is 5.19. The van der Waals surface area contributed by atoms with E-state index in [9.17, 15) is 13.2 Å². The molecular formula is C23H22N4O3S. The Hall–Kier alpha value is -3.65. The molecular weight excluding hydrogens is 412 g/mol. The van der Waals surface area contributed by atoms with Gasteiger partial charge in [-0.1, -0.05) is 36.4 Å². The van der Waals surface area contributed by atoms with Crippen LogP contribution in [0.4, 0.5) is 11.4 Å². The molecule has 0 spiro atoms. The second-order valence-electron chi connectivity index (χ2n) is 6.93. The van der Waals surface area contributed by atoms with Gasteiger partial charge in [0.05, 0.1) is 17.1 Å². The van der Waals surface area contributed by atoms with Crippen LogP contribution in [-0.2, 0) is 10.0 Å². The number of rotatable bonds is 6. The van der Waals surface area contributed by atoms with E-state index in [2.05, 4.69) is 10.3 Å². The molecule has 31 heavy (non-hydrogen) atoms. The van der Waals surface area contributed by atoms with E-state index in [-0.39, 0.29) is 17.1 Å². The van der Waals surface area contributed by atoms with Crippen molar-refractivity contribution in [1.82, 2.24) is 9.38 Å². The highest BCUT2D eigenvalue weighted by atomic mass is 32.2. The van der Waals surface area contributed by atoms with Gasteiger partial charge in [0.2, 0.25) is 0 Å². The van der Waals surface area contributed by atoms with E-state index in [1.807, 2.05) is 18.2 Å². The summed E-state index contributed by atoms with van der Waals surface area (Å²) in [6.45, 7) is 3.77. The third kappa shape index (κ3) is 3.77. The van der Waals surface area contributed by atoms with Crippen LogP contribution in [0.2, 0.25) is 0 Å². The highest BCUT2D eigenvalue weighted by Gasteiger charge is 2.27. The first-order valence-electron chi connectivity index (χ1n) is 9.85. The quantitative estimate of drug-likeness (QED) is 0.495. The van der Waals surface area contributed by atoms with E-state index in [0.29, 0.717) is 22.7 Å². The number of nitrogens with one attached hydrogen (secondary N) is 1. The Labute approximate surface area is 181 Å². The molecule has 0 aliphatic rings. The molecule has 0 fully saturated rings. The zero-order valence-electron chi connectivity index (χ0n) is 17.2. The number of nitrogens with zero attached hydrogens (tertiary/aromatic N) is 3. The van der Waals surface area contributed by atoms with Crippen molar-refractivity contribution >= 4 is 33.0 Å². The third-order valence-electron chi connectivity index (χ3n) is 4.95. The van der Waals surface area contributed by atoms with Crippen molar-refractivity contribution < 1.29 is 13.2 Å². The van der Waals surface area contributed by atoms with Crippen LogP contribution < -0.4 is 9.62 Å². The largest absolute Gasteiger partial charge is 0.319 e. The number of aromatic nitrogens is 2. The van der Waals surface area contributed by atoms with Crippen LogP contribution in [0.25, 0.3) is 5.65 Å². The minimum absolute atomic E-state index is 0.0283. The van der Waals surface area contributed by atoms with Gasteiger partial charge < -0.3 is 5.32 Å². The molecule has 0 aliphatic heterocycles. The van der Waals surface area contributed by atoms with E-state index in [4.69, 9.17) is 0 Å². The Morgan fingerprint density at radius 2 is 1.68 bits per heavy atom. The van der Waals surface area contributed by atoms with Gasteiger partial charge >= 0.3 is 0 Å². The van der Waals surface area contributed by atoms with Crippen molar-refractivity contribution in [3.63, 3.8) is 0 Å². The molecule has 0 bridgehead atoms. The van der Waals surface area contributed by atoms with Crippen LogP contribution in [0, 0.1) is 6.92 Å². The van der Waals surface area contributed by atoms with E-state index in [0.717, 1.165) is 0 Å². The number of hydrogen-bond acceptors (Lipinski definition) is 4. The minimum atomic E-state index is -3.91. The molecule has 1 amide bonds. The molecule has 8 heteroatoms. The number of para-hydroxylation sites is 2. The summed E-state index contributed by atoms with van der Waals surface area (Å²) >= 11 is 0. The molecule has 0 aliphatic carbocycles. The molecule has 1 N–H and O–H groups in total. The van der Waals surface area contributed by atoms with Crippen LogP contribution in [-0.4, -0.2) is 30.3 Å². The van der Waals surface area contributed by atoms with Gasteiger partial charge in [0.25, 0.3) is 15.9 Å². The lowest BCUT2D eigenvalue weighted by Crippen LogP contribution is -2.31. The summed E-state index contributed by atoms with van der Waals surface area (Å²) in [5.41, 5.74) is 2.34. The number of imidazole rings is 1. The number of amides is 1. The van der Waals surface area contributed by atoms with Gasteiger partial charge in [-0.3, -0.25) is 13.5 Å². The lowest BCUT2D eigenvalue weighted by Gasteiger charge is -2.24. The van der Waals surface area contributed by atoms with Crippen LogP contribution in [0.5, 0.6) is 0 Å². The Balaban J connectivity index is 1.74. The van der Waals surface area contributed by atoms with Gasteiger partial charge in [0.1, 0.15) is 16.2 Å².